The van der Waals surface area contributed by atoms with Gasteiger partial charge in [0.2, 0.25) is 0 Å². The molecule has 1 rings (SSSR count). The normalized spacial score (nSPS) is 8.83. The Morgan fingerprint density at radius 2 is 2.50 bits per heavy atom. The maximum Gasteiger partial charge on any atom is 0.164 e. The summed E-state index contributed by atoms with van der Waals surface area (Å²) in [6, 6.07) is 0. The number of rotatable bonds is 0. The first-order valence-electron chi connectivity index (χ1n) is 1.58. The van der Waals surface area contributed by atoms with Gasteiger partial charge in [0.25, 0.3) is 0 Å². The van der Waals surface area contributed by atoms with Gasteiger partial charge in [0, 0.05) is 0 Å². The van der Waals surface area contributed by atoms with Gasteiger partial charge >= 0.3 is 0 Å². The highest BCUT2D eigenvalue weighted by Gasteiger charge is 1.70. The molecule has 29 valence electrons. The summed E-state index contributed by atoms with van der Waals surface area (Å²) in [5.41, 5.74) is 1.82. The van der Waals surface area contributed by atoms with Crippen molar-refractivity contribution in [3.8, 4) is 0 Å². The smallest absolute Gasteiger partial charge is 0.164 e. The molecule has 6 heavy (non-hydrogen) atoms. The number of thiazole rings is 1. The van der Waals surface area contributed by atoms with Crippen LogP contribution in [0.25, 0.3) is 0 Å². The lowest BCUT2D eigenvalue weighted by Gasteiger charge is -1.85. The molecule has 3 heteroatoms. The van der Waals surface area contributed by atoms with Crippen LogP contribution < -0.4 is 4.48 Å². The number of nitrogens with zero attached hydrogens (tertiary/aromatic N) is 1. The van der Waals surface area contributed by atoms with Crippen molar-refractivity contribution in [1.29, 1.82) is 0 Å². The van der Waals surface area contributed by atoms with Gasteiger partial charge in [0.1, 0.15) is 6.20 Å². The van der Waals surface area contributed by atoms with Gasteiger partial charge < -0.3 is 4.48 Å². The maximum absolute atomic E-state index is 5.20. The molecule has 0 fully saturated rings. The Hall–Kier alpha value is -0.305. The molecular weight excluding hydrogens is 92.9 g/mol. The Morgan fingerprint density at radius 3 is 2.67 bits per heavy atom. The summed E-state index contributed by atoms with van der Waals surface area (Å²) in [6.07, 6.45) is 1.80. The quantitative estimate of drug-likeness (QED) is 0.399. The largest absolute Gasteiger partial charge is 0.506 e. The molecular formula is C3H3BNS. The van der Waals surface area contributed by atoms with Crippen LogP contribution in [0.15, 0.2) is 17.1 Å². The zero-order valence-corrected chi connectivity index (χ0v) is 3.98. The molecule has 1 aromatic heterocycles. The minimum absolute atomic E-state index is 1.52. The van der Waals surface area contributed by atoms with E-state index < -0.39 is 0 Å². The molecule has 0 aliphatic carbocycles. The predicted octanol–water partition coefficient (Wildman–Crippen LogP) is -0.0328. The van der Waals surface area contributed by atoms with Crippen LogP contribution in [0.2, 0.25) is 0 Å². The van der Waals surface area contributed by atoms with E-state index >= 15 is 0 Å². The molecule has 1 heterocycles. The highest BCUT2D eigenvalue weighted by Crippen LogP contribution is 1.83. The van der Waals surface area contributed by atoms with Crippen LogP contribution in [0.5, 0.6) is 0 Å². The van der Waals surface area contributed by atoms with Gasteiger partial charge in [-0.2, -0.15) is 0 Å². The zero-order chi connectivity index (χ0) is 4.41. The molecule has 0 unspecified atom stereocenters. The van der Waals surface area contributed by atoms with Crippen LogP contribution in [-0.4, -0.2) is 7.98 Å². The summed E-state index contributed by atoms with van der Waals surface area (Å²) in [5.74, 6) is 0. The van der Waals surface area contributed by atoms with Crippen LogP contribution in [0.3, 0.4) is 0 Å². The Kier molecular flexibility index (Phi) is 0.923. The van der Waals surface area contributed by atoms with Crippen molar-refractivity contribution in [1.82, 2.24) is 0 Å². The summed E-state index contributed by atoms with van der Waals surface area (Å²) in [6.45, 7) is 0. The van der Waals surface area contributed by atoms with Crippen LogP contribution in [0.4, 0.5) is 0 Å². The fraction of sp³-hybridized carbons (Fsp3) is 0. The SMILES string of the molecule is [B-][n+]1ccsc1. The molecule has 0 saturated carbocycles. The fourth-order valence-corrected chi connectivity index (χ4v) is 0.738. The lowest BCUT2D eigenvalue weighted by Crippen LogP contribution is -2.25. The monoisotopic (exact) mass is 96.0 g/mol. The first kappa shape index (κ1) is 3.87. The van der Waals surface area contributed by atoms with E-state index in [1.54, 1.807) is 17.5 Å². The van der Waals surface area contributed by atoms with E-state index in [1.807, 2.05) is 10.9 Å². The summed E-state index contributed by atoms with van der Waals surface area (Å²) in [7, 11) is 5.20. The third-order valence-corrected chi connectivity index (χ3v) is 1.14. The summed E-state index contributed by atoms with van der Waals surface area (Å²) in [5, 5.41) is 1.92. The van der Waals surface area contributed by atoms with Crippen molar-refractivity contribution in [2.45, 2.75) is 0 Å². The lowest BCUT2D eigenvalue weighted by atomic mass is 10.4. The van der Waals surface area contributed by atoms with E-state index in [1.165, 1.54) is 4.48 Å². The van der Waals surface area contributed by atoms with Crippen molar-refractivity contribution in [3.05, 3.63) is 17.1 Å². The molecule has 1 aromatic rings. The van der Waals surface area contributed by atoms with Crippen molar-refractivity contribution < 1.29 is 4.48 Å². The average molecular weight is 95.9 g/mol. The van der Waals surface area contributed by atoms with Crippen molar-refractivity contribution in [2.75, 3.05) is 0 Å². The van der Waals surface area contributed by atoms with E-state index in [9.17, 15) is 0 Å². The second kappa shape index (κ2) is 1.43. The highest BCUT2D eigenvalue weighted by atomic mass is 32.1. The topological polar surface area (TPSA) is 3.88 Å². The second-order valence-electron chi connectivity index (χ2n) is 0.974. The minimum atomic E-state index is 1.52. The predicted molar refractivity (Wildman–Crippen MR) is 25.7 cm³/mol. The highest BCUT2D eigenvalue weighted by molar-refractivity contribution is 7.07. The van der Waals surface area contributed by atoms with Gasteiger partial charge in [0.05, 0.1) is 5.38 Å². The molecule has 0 N–H and O–H groups in total. The lowest BCUT2D eigenvalue weighted by molar-refractivity contribution is -0.515. The molecule has 0 aliphatic heterocycles. The van der Waals surface area contributed by atoms with Gasteiger partial charge in [-0.15, -0.1) is 7.98 Å². The molecule has 0 bridgehead atoms. The maximum atomic E-state index is 5.20. The third-order valence-electron chi connectivity index (χ3n) is 0.494. The van der Waals surface area contributed by atoms with Gasteiger partial charge in [-0.05, 0) is 0 Å². The molecule has 0 aromatic carbocycles. The van der Waals surface area contributed by atoms with E-state index in [2.05, 4.69) is 0 Å². The summed E-state index contributed by atoms with van der Waals surface area (Å²) in [4.78, 5) is 0. The molecule has 0 aliphatic rings. The Morgan fingerprint density at radius 1 is 1.67 bits per heavy atom. The number of hydrogen-bond donors (Lipinski definition) is 0. The second-order valence-corrected chi connectivity index (χ2v) is 1.73. The standard InChI is InChI=1S/C3H3BNS/c4-5-1-2-6-3-5/h1-3H. The van der Waals surface area contributed by atoms with Crippen molar-refractivity contribution in [2.24, 2.45) is 0 Å². The van der Waals surface area contributed by atoms with Gasteiger partial charge in [0.15, 0.2) is 5.51 Å². The molecule has 1 nitrogen and oxygen atoms in total. The molecule has 0 amide bonds. The fourth-order valence-electron chi connectivity index (χ4n) is 0.246. The van der Waals surface area contributed by atoms with Crippen LogP contribution in [0, 0.1) is 0 Å². The first-order chi connectivity index (χ1) is 2.89. The average Bonchev–Trinajstić information content (AvgIpc) is 1.86. The minimum Gasteiger partial charge on any atom is -0.506 e. The zero-order valence-electron chi connectivity index (χ0n) is 3.16. The Bertz CT molecular complexity index is 114. The van der Waals surface area contributed by atoms with Gasteiger partial charge in [-0.3, -0.25) is 0 Å². The molecule has 3 radical (unpaired) electrons. The molecule has 0 atom stereocenters. The first-order valence-corrected chi connectivity index (χ1v) is 2.52. The van der Waals surface area contributed by atoms with Gasteiger partial charge in [-0.25, -0.2) is 0 Å². The Labute approximate surface area is 41.7 Å². The van der Waals surface area contributed by atoms with E-state index in [0.29, 0.717) is 0 Å². The number of hydrogen-bond acceptors (Lipinski definition) is 1. The molecule has 0 saturated heterocycles. The van der Waals surface area contributed by atoms with E-state index in [-0.39, 0.29) is 0 Å². The van der Waals surface area contributed by atoms with E-state index in [4.69, 9.17) is 7.98 Å². The van der Waals surface area contributed by atoms with Crippen molar-refractivity contribution in [3.63, 3.8) is 0 Å². The molecule has 0 spiro atoms. The number of aromatic nitrogens is 1. The summed E-state index contributed by atoms with van der Waals surface area (Å²) < 4.78 is 1.52. The van der Waals surface area contributed by atoms with Crippen LogP contribution >= 0.6 is 11.3 Å². The van der Waals surface area contributed by atoms with Crippen molar-refractivity contribution >= 4 is 19.3 Å². The van der Waals surface area contributed by atoms with E-state index in [0.717, 1.165) is 0 Å². The Balaban J connectivity index is 3.05. The third kappa shape index (κ3) is 0.599. The van der Waals surface area contributed by atoms with Gasteiger partial charge in [-0.1, -0.05) is 11.3 Å². The van der Waals surface area contributed by atoms with Crippen LogP contribution in [-0.2, 0) is 0 Å². The van der Waals surface area contributed by atoms with Crippen LogP contribution in [0.1, 0.15) is 0 Å². The summed E-state index contributed by atoms with van der Waals surface area (Å²) >= 11 is 1.58.